The van der Waals surface area contributed by atoms with Crippen LogP contribution in [0.4, 0.5) is 9.18 Å². The maximum atomic E-state index is 14.0. The van der Waals surface area contributed by atoms with E-state index in [0.29, 0.717) is 11.3 Å². The summed E-state index contributed by atoms with van der Waals surface area (Å²) >= 11 is 12.2. The Kier molecular flexibility index (Phi) is 6.33. The van der Waals surface area contributed by atoms with Crippen molar-refractivity contribution in [1.29, 1.82) is 0 Å². The van der Waals surface area contributed by atoms with Crippen molar-refractivity contribution in [2.75, 3.05) is 6.54 Å². The fourth-order valence-electron chi connectivity index (χ4n) is 2.93. The number of aromatic nitrogens is 2. The minimum Gasteiger partial charge on any atom is -0.444 e. The predicted octanol–water partition coefficient (Wildman–Crippen LogP) is 4.90. The van der Waals surface area contributed by atoms with Crippen LogP contribution in [-0.4, -0.2) is 27.8 Å². The zero-order valence-electron chi connectivity index (χ0n) is 16.6. The average molecular weight is 452 g/mol. The van der Waals surface area contributed by atoms with Crippen molar-refractivity contribution < 1.29 is 13.9 Å². The van der Waals surface area contributed by atoms with Crippen molar-refractivity contribution in [3.63, 3.8) is 0 Å². The lowest BCUT2D eigenvalue weighted by atomic mass is 10.2. The number of ether oxygens (including phenoxy) is 1. The topological polar surface area (TPSA) is 73.2 Å². The highest BCUT2D eigenvalue weighted by Gasteiger charge is 2.18. The lowest BCUT2D eigenvalue weighted by molar-refractivity contribution is 0.0528. The van der Waals surface area contributed by atoms with Gasteiger partial charge >= 0.3 is 6.09 Å². The number of amides is 1. The molecule has 0 saturated heterocycles. The summed E-state index contributed by atoms with van der Waals surface area (Å²) in [6.07, 6.45) is -0.403. The summed E-state index contributed by atoms with van der Waals surface area (Å²) in [4.78, 5) is 29.7. The number of nitrogens with zero attached hydrogens (tertiary/aromatic N) is 2. The third-order valence-corrected chi connectivity index (χ3v) is 4.57. The number of fused-ring (bicyclic) bond motifs is 1. The Hall–Kier alpha value is -2.64. The van der Waals surface area contributed by atoms with Crippen LogP contribution in [0.1, 0.15) is 26.6 Å². The smallest absolute Gasteiger partial charge is 0.407 e. The fraction of sp³-hybridized carbons (Fsp3) is 0.286. The van der Waals surface area contributed by atoms with Crippen LogP contribution in [0.15, 0.2) is 41.2 Å². The van der Waals surface area contributed by atoms with E-state index < -0.39 is 23.1 Å². The van der Waals surface area contributed by atoms with E-state index in [2.05, 4.69) is 10.3 Å². The normalized spacial score (nSPS) is 11.5. The molecule has 1 amide bonds. The predicted molar refractivity (Wildman–Crippen MR) is 115 cm³/mol. The second-order valence-corrected chi connectivity index (χ2v) is 8.45. The Balaban J connectivity index is 2.04. The van der Waals surface area contributed by atoms with Crippen LogP contribution in [0.3, 0.4) is 0 Å². The molecule has 0 aliphatic carbocycles. The Morgan fingerprint density at radius 2 is 1.97 bits per heavy atom. The molecule has 9 heteroatoms. The first-order valence-electron chi connectivity index (χ1n) is 9.18. The summed E-state index contributed by atoms with van der Waals surface area (Å²) in [5.74, 6) is -0.283. The molecule has 0 fully saturated rings. The van der Waals surface area contributed by atoms with Crippen molar-refractivity contribution in [1.82, 2.24) is 14.9 Å². The minimum atomic E-state index is -0.636. The van der Waals surface area contributed by atoms with Crippen LogP contribution >= 0.6 is 23.2 Å². The molecule has 0 spiro atoms. The van der Waals surface area contributed by atoms with Gasteiger partial charge in [0.1, 0.15) is 17.2 Å². The molecule has 1 aromatic heterocycles. The molecule has 1 heterocycles. The SMILES string of the molecule is CC(C)(C)OC(=O)NCCc1nc2cccc(Cl)c2c(=O)n1-c1cc(F)cc(Cl)c1. The van der Waals surface area contributed by atoms with Crippen molar-refractivity contribution >= 4 is 40.2 Å². The van der Waals surface area contributed by atoms with Crippen LogP contribution < -0.4 is 10.9 Å². The molecule has 6 nitrogen and oxygen atoms in total. The first-order valence-corrected chi connectivity index (χ1v) is 9.94. The Morgan fingerprint density at radius 3 is 2.63 bits per heavy atom. The molecule has 2 aromatic carbocycles. The van der Waals surface area contributed by atoms with Gasteiger partial charge in [0.05, 0.1) is 21.6 Å². The lowest BCUT2D eigenvalue weighted by Gasteiger charge is -2.20. The number of carbonyl (C=O) groups excluding carboxylic acids is 1. The number of benzene rings is 2. The zero-order valence-corrected chi connectivity index (χ0v) is 18.1. The van der Waals surface area contributed by atoms with Gasteiger partial charge in [-0.2, -0.15) is 0 Å². The Bertz CT molecular complexity index is 1150. The highest BCUT2D eigenvalue weighted by Crippen LogP contribution is 2.22. The maximum Gasteiger partial charge on any atom is 0.407 e. The van der Waals surface area contributed by atoms with E-state index in [-0.39, 0.29) is 34.1 Å². The minimum absolute atomic E-state index is 0.133. The van der Waals surface area contributed by atoms with Crippen LogP contribution in [0.25, 0.3) is 16.6 Å². The second kappa shape index (κ2) is 8.62. The maximum absolute atomic E-state index is 14.0. The van der Waals surface area contributed by atoms with E-state index in [0.717, 1.165) is 6.07 Å². The van der Waals surface area contributed by atoms with Gasteiger partial charge in [0.2, 0.25) is 0 Å². The van der Waals surface area contributed by atoms with Gasteiger partial charge in [-0.3, -0.25) is 9.36 Å². The van der Waals surface area contributed by atoms with Gasteiger partial charge in [-0.15, -0.1) is 0 Å². The summed E-state index contributed by atoms with van der Waals surface area (Å²) in [5, 5.41) is 3.21. The number of nitrogens with one attached hydrogen (secondary N) is 1. The number of alkyl carbamates (subject to hydrolysis) is 1. The Labute approximate surface area is 182 Å². The Morgan fingerprint density at radius 1 is 1.23 bits per heavy atom. The van der Waals surface area contributed by atoms with Crippen molar-refractivity contribution in [2.45, 2.75) is 32.8 Å². The lowest BCUT2D eigenvalue weighted by Crippen LogP contribution is -2.34. The van der Waals surface area contributed by atoms with Crippen LogP contribution in [0, 0.1) is 5.82 Å². The van der Waals surface area contributed by atoms with E-state index in [4.69, 9.17) is 27.9 Å². The van der Waals surface area contributed by atoms with Crippen LogP contribution in [-0.2, 0) is 11.2 Å². The molecule has 0 unspecified atom stereocenters. The van der Waals surface area contributed by atoms with Gasteiger partial charge in [-0.05, 0) is 51.1 Å². The molecule has 0 aliphatic rings. The number of hydrogen-bond acceptors (Lipinski definition) is 4. The molecular weight excluding hydrogens is 432 g/mol. The first-order chi connectivity index (χ1) is 14.0. The quantitative estimate of drug-likeness (QED) is 0.611. The van der Waals surface area contributed by atoms with E-state index in [9.17, 15) is 14.0 Å². The average Bonchev–Trinajstić information content (AvgIpc) is 2.59. The highest BCUT2D eigenvalue weighted by molar-refractivity contribution is 6.35. The number of carbonyl (C=O) groups is 1. The van der Waals surface area contributed by atoms with Crippen molar-refractivity contribution in [3.8, 4) is 5.69 Å². The summed E-state index contributed by atoms with van der Waals surface area (Å²) in [6.45, 7) is 5.42. The van der Waals surface area contributed by atoms with Gasteiger partial charge in [0.25, 0.3) is 5.56 Å². The first kappa shape index (κ1) is 22.1. The van der Waals surface area contributed by atoms with E-state index >= 15 is 0 Å². The second-order valence-electron chi connectivity index (χ2n) is 7.61. The summed E-state index contributed by atoms with van der Waals surface area (Å²) in [5.41, 5.74) is -0.479. The highest BCUT2D eigenvalue weighted by atomic mass is 35.5. The number of rotatable bonds is 4. The summed E-state index contributed by atoms with van der Waals surface area (Å²) < 4.78 is 20.4. The van der Waals surface area contributed by atoms with E-state index in [1.54, 1.807) is 39.0 Å². The van der Waals surface area contributed by atoms with Gasteiger partial charge in [0, 0.05) is 18.0 Å². The third kappa shape index (κ3) is 5.09. The molecule has 158 valence electrons. The standard InChI is InChI=1S/C21H20Cl2FN3O3/c1-21(2,3)30-20(29)25-8-7-17-26-16-6-4-5-15(23)18(16)19(28)27(17)14-10-12(22)9-13(24)11-14/h4-6,9-11H,7-8H2,1-3H3,(H,25,29). The molecule has 0 saturated carbocycles. The van der Waals surface area contributed by atoms with Crippen LogP contribution in [0.2, 0.25) is 10.0 Å². The zero-order chi connectivity index (χ0) is 22.1. The summed E-state index contributed by atoms with van der Waals surface area (Å²) in [7, 11) is 0. The van der Waals surface area contributed by atoms with E-state index in [1.165, 1.54) is 16.7 Å². The molecule has 3 aromatic rings. The summed E-state index contributed by atoms with van der Waals surface area (Å²) in [6, 6.07) is 8.71. The molecule has 0 atom stereocenters. The molecule has 0 radical (unpaired) electrons. The van der Waals surface area contributed by atoms with Gasteiger partial charge in [-0.25, -0.2) is 14.2 Å². The largest absolute Gasteiger partial charge is 0.444 e. The van der Waals surface area contributed by atoms with Gasteiger partial charge in [0.15, 0.2) is 0 Å². The molecular formula is C21H20Cl2FN3O3. The molecule has 0 aliphatic heterocycles. The number of halogens is 3. The van der Waals surface area contributed by atoms with Gasteiger partial charge < -0.3 is 10.1 Å². The number of hydrogen-bond donors (Lipinski definition) is 1. The molecule has 0 bridgehead atoms. The van der Waals surface area contributed by atoms with Crippen molar-refractivity contribution in [2.24, 2.45) is 0 Å². The molecule has 1 N–H and O–H groups in total. The van der Waals surface area contributed by atoms with Crippen LogP contribution in [0.5, 0.6) is 0 Å². The molecule has 3 rings (SSSR count). The third-order valence-electron chi connectivity index (χ3n) is 4.04. The van der Waals surface area contributed by atoms with Gasteiger partial charge in [-0.1, -0.05) is 29.3 Å². The monoisotopic (exact) mass is 451 g/mol. The van der Waals surface area contributed by atoms with E-state index in [1.807, 2.05) is 0 Å². The fourth-order valence-corrected chi connectivity index (χ4v) is 3.40. The molecule has 30 heavy (non-hydrogen) atoms. The van der Waals surface area contributed by atoms with Crippen molar-refractivity contribution in [3.05, 3.63) is 68.4 Å².